The highest BCUT2D eigenvalue weighted by atomic mass is 32.1. The van der Waals surface area contributed by atoms with Crippen molar-refractivity contribution in [3.8, 4) is 0 Å². The van der Waals surface area contributed by atoms with E-state index < -0.39 is 0 Å². The highest BCUT2D eigenvalue weighted by Gasteiger charge is 2.00. The molecule has 0 aromatic heterocycles. The predicted octanol–water partition coefficient (Wildman–Crippen LogP) is 2.77. The van der Waals surface area contributed by atoms with Crippen LogP contribution in [0.25, 0.3) is 0 Å². The van der Waals surface area contributed by atoms with Gasteiger partial charge < -0.3 is 5.32 Å². The van der Waals surface area contributed by atoms with Crippen molar-refractivity contribution >= 4 is 23.5 Å². The van der Waals surface area contributed by atoms with Crippen LogP contribution in [0.4, 0.5) is 4.39 Å². The Morgan fingerprint density at radius 3 is 2.72 bits per heavy atom. The lowest BCUT2D eigenvalue weighted by molar-refractivity contribution is 0.530. The van der Waals surface area contributed by atoms with Gasteiger partial charge in [0.1, 0.15) is 5.82 Å². The number of unbranched alkanes of at least 4 members (excludes halogenated alkanes) is 1. The number of hydrogen-bond acceptors (Lipinski definition) is 2. The summed E-state index contributed by atoms with van der Waals surface area (Å²) in [6.07, 6.45) is 3.85. The molecule has 0 bridgehead atoms. The van der Waals surface area contributed by atoms with Gasteiger partial charge in [-0.25, -0.2) is 9.40 Å². The Kier molecular flexibility index (Phi) is 6.28. The highest BCUT2D eigenvalue weighted by Crippen LogP contribution is 2.00. The minimum atomic E-state index is -0.253. The summed E-state index contributed by atoms with van der Waals surface area (Å²) in [5.41, 5.74) is 0.833. The van der Waals surface area contributed by atoms with Crippen molar-refractivity contribution in [3.63, 3.8) is 0 Å². The molecular weight excluding hydrogens is 249 g/mol. The van der Waals surface area contributed by atoms with Gasteiger partial charge in [0.2, 0.25) is 0 Å². The zero-order chi connectivity index (χ0) is 13.4. The zero-order valence-corrected chi connectivity index (χ0v) is 11.5. The van der Waals surface area contributed by atoms with E-state index in [0.29, 0.717) is 5.11 Å². The van der Waals surface area contributed by atoms with Crippen molar-refractivity contribution in [2.45, 2.75) is 19.8 Å². The third kappa shape index (κ3) is 5.23. The summed E-state index contributed by atoms with van der Waals surface area (Å²) in [5.74, 6) is -0.253. The van der Waals surface area contributed by atoms with E-state index in [1.54, 1.807) is 30.4 Å². The second-order valence-corrected chi connectivity index (χ2v) is 4.29. The molecule has 0 aliphatic heterocycles. The summed E-state index contributed by atoms with van der Waals surface area (Å²) in [4.78, 5) is 0. The largest absolute Gasteiger partial charge is 0.361 e. The van der Waals surface area contributed by atoms with Gasteiger partial charge in [0.05, 0.1) is 6.21 Å². The van der Waals surface area contributed by atoms with Gasteiger partial charge in [-0.2, -0.15) is 5.10 Å². The summed E-state index contributed by atoms with van der Waals surface area (Å²) >= 11 is 5.17. The molecule has 0 heterocycles. The van der Waals surface area contributed by atoms with Crippen LogP contribution in [-0.4, -0.2) is 29.9 Å². The van der Waals surface area contributed by atoms with Gasteiger partial charge in [-0.3, -0.25) is 0 Å². The Balaban J connectivity index is 2.45. The standard InChI is InChI=1S/C13H18FN3S/c1-3-4-9-15-13(18)17(2)16-10-11-5-7-12(14)8-6-11/h5-8,10H,3-4,9H2,1-2H3,(H,15,18). The Morgan fingerprint density at radius 1 is 1.44 bits per heavy atom. The van der Waals surface area contributed by atoms with Crippen LogP contribution in [0.15, 0.2) is 29.4 Å². The second kappa shape index (κ2) is 7.76. The number of nitrogens with zero attached hydrogens (tertiary/aromatic N) is 2. The summed E-state index contributed by atoms with van der Waals surface area (Å²) in [6.45, 7) is 2.98. The molecule has 0 aliphatic carbocycles. The van der Waals surface area contributed by atoms with Crippen LogP contribution in [0.2, 0.25) is 0 Å². The maximum atomic E-state index is 12.7. The molecule has 0 atom stereocenters. The first-order valence-corrected chi connectivity index (χ1v) is 6.35. The van der Waals surface area contributed by atoms with E-state index in [4.69, 9.17) is 12.2 Å². The van der Waals surface area contributed by atoms with Crippen LogP contribution in [0.1, 0.15) is 25.3 Å². The molecule has 1 aromatic rings. The quantitative estimate of drug-likeness (QED) is 0.385. The molecule has 1 aromatic carbocycles. The first kappa shape index (κ1) is 14.6. The molecule has 0 aliphatic rings. The number of nitrogens with one attached hydrogen (secondary N) is 1. The van der Waals surface area contributed by atoms with Gasteiger partial charge in [0, 0.05) is 13.6 Å². The van der Waals surface area contributed by atoms with Crippen molar-refractivity contribution in [1.82, 2.24) is 10.3 Å². The minimum absolute atomic E-state index is 0.253. The number of rotatable bonds is 5. The molecule has 0 unspecified atom stereocenters. The van der Waals surface area contributed by atoms with E-state index in [1.807, 2.05) is 0 Å². The van der Waals surface area contributed by atoms with Gasteiger partial charge in [-0.15, -0.1) is 0 Å². The lowest BCUT2D eigenvalue weighted by atomic mass is 10.2. The molecule has 1 rings (SSSR count). The van der Waals surface area contributed by atoms with Crippen LogP contribution < -0.4 is 5.32 Å². The average molecular weight is 267 g/mol. The molecule has 0 saturated carbocycles. The van der Waals surface area contributed by atoms with Gasteiger partial charge in [0.15, 0.2) is 5.11 Å². The van der Waals surface area contributed by atoms with Gasteiger partial charge in [-0.1, -0.05) is 25.5 Å². The first-order chi connectivity index (χ1) is 8.63. The number of hydrogen-bond donors (Lipinski definition) is 1. The number of thiocarbonyl (C=S) groups is 1. The fourth-order valence-electron chi connectivity index (χ4n) is 1.24. The number of hydrazone groups is 1. The summed E-state index contributed by atoms with van der Waals surface area (Å²) < 4.78 is 12.7. The molecule has 3 nitrogen and oxygen atoms in total. The third-order valence-electron chi connectivity index (χ3n) is 2.35. The summed E-state index contributed by atoms with van der Waals surface area (Å²) in [6, 6.07) is 6.14. The van der Waals surface area contributed by atoms with Crippen LogP contribution >= 0.6 is 12.2 Å². The third-order valence-corrected chi connectivity index (χ3v) is 2.76. The Morgan fingerprint density at radius 2 is 2.11 bits per heavy atom. The predicted molar refractivity (Wildman–Crippen MR) is 77.3 cm³/mol. The number of benzene rings is 1. The smallest absolute Gasteiger partial charge is 0.189 e. The van der Waals surface area contributed by atoms with Gasteiger partial charge in [0.25, 0.3) is 0 Å². The topological polar surface area (TPSA) is 27.6 Å². The van der Waals surface area contributed by atoms with Gasteiger partial charge in [-0.05, 0) is 36.3 Å². The summed E-state index contributed by atoms with van der Waals surface area (Å²) in [5, 5.41) is 9.47. The monoisotopic (exact) mass is 267 g/mol. The fraction of sp³-hybridized carbons (Fsp3) is 0.385. The van der Waals surface area contributed by atoms with E-state index in [-0.39, 0.29) is 5.82 Å². The Bertz CT molecular complexity index is 403. The molecule has 18 heavy (non-hydrogen) atoms. The van der Waals surface area contributed by atoms with E-state index in [9.17, 15) is 4.39 Å². The van der Waals surface area contributed by atoms with Crippen LogP contribution in [0.5, 0.6) is 0 Å². The maximum absolute atomic E-state index is 12.7. The average Bonchev–Trinajstić information content (AvgIpc) is 2.38. The summed E-state index contributed by atoms with van der Waals surface area (Å²) in [7, 11) is 1.78. The highest BCUT2D eigenvalue weighted by molar-refractivity contribution is 7.80. The van der Waals surface area contributed by atoms with Crippen molar-refractivity contribution in [3.05, 3.63) is 35.6 Å². The van der Waals surface area contributed by atoms with Crippen molar-refractivity contribution < 1.29 is 4.39 Å². The van der Waals surface area contributed by atoms with E-state index >= 15 is 0 Å². The zero-order valence-electron chi connectivity index (χ0n) is 10.7. The Labute approximate surface area is 113 Å². The van der Waals surface area contributed by atoms with Crippen molar-refractivity contribution in [1.29, 1.82) is 0 Å². The molecular formula is C13H18FN3S. The molecule has 0 radical (unpaired) electrons. The molecule has 0 amide bonds. The molecule has 0 fully saturated rings. The van der Waals surface area contributed by atoms with Crippen molar-refractivity contribution in [2.75, 3.05) is 13.6 Å². The Hall–Kier alpha value is -1.49. The maximum Gasteiger partial charge on any atom is 0.189 e. The molecule has 98 valence electrons. The van der Waals surface area contributed by atoms with E-state index in [1.165, 1.54) is 12.1 Å². The first-order valence-electron chi connectivity index (χ1n) is 5.94. The molecule has 1 N–H and O–H groups in total. The lowest BCUT2D eigenvalue weighted by Gasteiger charge is -2.15. The van der Waals surface area contributed by atoms with E-state index in [2.05, 4.69) is 17.3 Å². The molecule has 0 saturated heterocycles. The number of halogens is 1. The normalized spacial score (nSPS) is 10.6. The van der Waals surface area contributed by atoms with Crippen LogP contribution in [-0.2, 0) is 0 Å². The fourth-order valence-corrected chi connectivity index (χ4v) is 1.39. The van der Waals surface area contributed by atoms with Crippen LogP contribution in [0, 0.1) is 5.82 Å². The molecule has 0 spiro atoms. The minimum Gasteiger partial charge on any atom is -0.361 e. The lowest BCUT2D eigenvalue weighted by Crippen LogP contribution is -2.34. The van der Waals surface area contributed by atoms with Gasteiger partial charge >= 0.3 is 0 Å². The SMILES string of the molecule is CCCCNC(=S)N(C)N=Cc1ccc(F)cc1. The van der Waals surface area contributed by atoms with Crippen LogP contribution in [0.3, 0.4) is 0 Å². The molecule has 5 heteroatoms. The van der Waals surface area contributed by atoms with E-state index in [0.717, 1.165) is 24.9 Å². The van der Waals surface area contributed by atoms with Crippen molar-refractivity contribution in [2.24, 2.45) is 5.10 Å². The second-order valence-electron chi connectivity index (χ2n) is 3.91.